The van der Waals surface area contributed by atoms with E-state index in [4.69, 9.17) is 0 Å². The Balaban J connectivity index is 2.08. The van der Waals surface area contributed by atoms with Gasteiger partial charge in [0.15, 0.2) is 0 Å². The van der Waals surface area contributed by atoms with Gasteiger partial charge in [-0.1, -0.05) is 50.6 Å². The fourth-order valence-corrected chi connectivity index (χ4v) is 2.56. The number of aromatic nitrogens is 2. The molecule has 0 N–H and O–H groups in total. The highest BCUT2D eigenvalue weighted by Crippen LogP contribution is 2.06. The van der Waals surface area contributed by atoms with E-state index < -0.39 is 0 Å². The predicted molar refractivity (Wildman–Crippen MR) is 79.1 cm³/mol. The maximum Gasteiger partial charge on any atom is 0.256 e. The number of imidazole rings is 1. The molecule has 0 fully saturated rings. The third-order valence-corrected chi connectivity index (χ3v) is 3.60. The summed E-state index contributed by atoms with van der Waals surface area (Å²) in [6, 6.07) is 10.7. The minimum atomic E-state index is 0.977. The van der Waals surface area contributed by atoms with Gasteiger partial charge in [0.1, 0.15) is 18.9 Å². The van der Waals surface area contributed by atoms with Crippen LogP contribution in [0.25, 0.3) is 0 Å². The van der Waals surface area contributed by atoms with Crippen molar-refractivity contribution < 1.29 is 4.57 Å². The highest BCUT2D eigenvalue weighted by Gasteiger charge is 2.14. The standard InChI is InChI=1S/C17H25N2/c1-3-5-9-12-18-13-14-19(17(18)4-2)15-16-10-7-6-8-11-16/h6-8,10-11,13-14H,3-5,9,12,15H2,1-2H3/q+1. The van der Waals surface area contributed by atoms with E-state index in [9.17, 15) is 0 Å². The van der Waals surface area contributed by atoms with Crippen LogP contribution in [0.4, 0.5) is 0 Å². The molecule has 0 amide bonds. The first-order valence-electron chi connectivity index (χ1n) is 7.46. The normalized spacial score (nSPS) is 10.8. The molecule has 0 atom stereocenters. The van der Waals surface area contributed by atoms with Crippen LogP contribution in [0.1, 0.15) is 44.5 Å². The number of rotatable bonds is 7. The van der Waals surface area contributed by atoms with Crippen molar-refractivity contribution in [3.8, 4) is 0 Å². The molecule has 0 saturated heterocycles. The third-order valence-electron chi connectivity index (χ3n) is 3.60. The quantitative estimate of drug-likeness (QED) is 0.529. The molecule has 0 aliphatic carbocycles. The lowest BCUT2D eigenvalue weighted by Gasteiger charge is -2.03. The zero-order chi connectivity index (χ0) is 13.5. The lowest BCUT2D eigenvalue weighted by molar-refractivity contribution is -0.704. The second kappa shape index (κ2) is 7.13. The van der Waals surface area contributed by atoms with E-state index >= 15 is 0 Å². The fraction of sp³-hybridized carbons (Fsp3) is 0.471. The lowest BCUT2D eigenvalue weighted by atomic mass is 10.2. The molecule has 2 heteroatoms. The molecule has 0 aliphatic heterocycles. The average Bonchev–Trinajstić information content (AvgIpc) is 2.82. The van der Waals surface area contributed by atoms with Crippen molar-refractivity contribution in [3.63, 3.8) is 0 Å². The van der Waals surface area contributed by atoms with Gasteiger partial charge in [0.25, 0.3) is 5.82 Å². The van der Waals surface area contributed by atoms with Crippen LogP contribution in [0.3, 0.4) is 0 Å². The number of nitrogens with zero attached hydrogens (tertiary/aromatic N) is 2. The summed E-state index contributed by atoms with van der Waals surface area (Å²) in [6.45, 7) is 6.63. The van der Waals surface area contributed by atoms with Crippen LogP contribution in [-0.4, -0.2) is 4.57 Å². The number of hydrogen-bond donors (Lipinski definition) is 0. The Kier molecular flexibility index (Phi) is 5.20. The molecule has 1 heterocycles. The monoisotopic (exact) mass is 257 g/mol. The van der Waals surface area contributed by atoms with Crippen molar-refractivity contribution >= 4 is 0 Å². The number of aryl methyl sites for hydroxylation is 1. The van der Waals surface area contributed by atoms with Gasteiger partial charge >= 0.3 is 0 Å². The Labute approximate surface area is 116 Å². The maximum absolute atomic E-state index is 2.42. The molecular formula is C17H25N2+. The summed E-state index contributed by atoms with van der Waals surface area (Å²) >= 11 is 0. The van der Waals surface area contributed by atoms with Gasteiger partial charge in [0.05, 0.1) is 6.54 Å². The number of unbranched alkanes of at least 4 members (excludes halogenated alkanes) is 2. The largest absolute Gasteiger partial charge is 0.256 e. The summed E-state index contributed by atoms with van der Waals surface area (Å²) < 4.78 is 4.79. The van der Waals surface area contributed by atoms with Gasteiger partial charge in [-0.2, -0.15) is 0 Å². The van der Waals surface area contributed by atoms with E-state index in [1.165, 1.54) is 30.7 Å². The first-order valence-corrected chi connectivity index (χ1v) is 7.46. The predicted octanol–water partition coefficient (Wildman–Crippen LogP) is 3.58. The molecule has 102 valence electrons. The molecule has 0 unspecified atom stereocenters. The van der Waals surface area contributed by atoms with Crippen LogP contribution < -0.4 is 4.57 Å². The molecule has 0 spiro atoms. The third kappa shape index (κ3) is 3.69. The van der Waals surface area contributed by atoms with Crippen LogP contribution in [-0.2, 0) is 19.5 Å². The second-order valence-electron chi connectivity index (χ2n) is 5.08. The first-order chi connectivity index (χ1) is 9.35. The molecule has 19 heavy (non-hydrogen) atoms. The van der Waals surface area contributed by atoms with Crippen LogP contribution in [0.2, 0.25) is 0 Å². The summed E-state index contributed by atoms with van der Waals surface area (Å²) in [5.41, 5.74) is 1.37. The smallest absolute Gasteiger partial charge is 0.234 e. The number of hydrogen-bond acceptors (Lipinski definition) is 0. The Morgan fingerprint density at radius 1 is 1.05 bits per heavy atom. The molecule has 2 rings (SSSR count). The van der Waals surface area contributed by atoms with Crippen LogP contribution in [0.5, 0.6) is 0 Å². The number of benzene rings is 1. The van der Waals surface area contributed by atoms with Crippen LogP contribution in [0.15, 0.2) is 42.7 Å². The summed E-state index contributed by atoms with van der Waals surface area (Å²) in [5, 5.41) is 0. The van der Waals surface area contributed by atoms with E-state index in [0.29, 0.717) is 0 Å². The van der Waals surface area contributed by atoms with Crippen molar-refractivity contribution in [3.05, 3.63) is 54.1 Å². The maximum atomic E-state index is 2.42. The lowest BCUT2D eigenvalue weighted by Crippen LogP contribution is -2.37. The molecule has 0 saturated carbocycles. The minimum Gasteiger partial charge on any atom is -0.234 e. The summed E-state index contributed by atoms with van der Waals surface area (Å²) in [7, 11) is 0. The molecule has 0 aliphatic rings. The molecule has 0 radical (unpaired) electrons. The van der Waals surface area contributed by atoms with Crippen molar-refractivity contribution in [1.82, 2.24) is 4.57 Å². The zero-order valence-corrected chi connectivity index (χ0v) is 12.2. The van der Waals surface area contributed by atoms with Crippen molar-refractivity contribution in [2.45, 2.75) is 52.6 Å². The van der Waals surface area contributed by atoms with Gasteiger partial charge in [-0.25, -0.2) is 9.13 Å². The summed E-state index contributed by atoms with van der Waals surface area (Å²) in [5.74, 6) is 1.43. The van der Waals surface area contributed by atoms with E-state index in [1.807, 2.05) is 0 Å². The molecule has 0 bridgehead atoms. The van der Waals surface area contributed by atoms with Gasteiger partial charge in [-0.15, -0.1) is 0 Å². The van der Waals surface area contributed by atoms with Crippen LogP contribution in [0, 0.1) is 0 Å². The van der Waals surface area contributed by atoms with E-state index in [0.717, 1.165) is 19.5 Å². The van der Waals surface area contributed by atoms with Gasteiger partial charge < -0.3 is 0 Å². The molecule has 1 aromatic heterocycles. The fourth-order valence-electron chi connectivity index (χ4n) is 2.56. The van der Waals surface area contributed by atoms with E-state index in [-0.39, 0.29) is 0 Å². The Bertz CT molecular complexity index is 485. The van der Waals surface area contributed by atoms with E-state index in [1.54, 1.807) is 0 Å². The van der Waals surface area contributed by atoms with Gasteiger partial charge in [0, 0.05) is 6.42 Å². The topological polar surface area (TPSA) is 8.81 Å². The van der Waals surface area contributed by atoms with Gasteiger partial charge in [0.2, 0.25) is 0 Å². The zero-order valence-electron chi connectivity index (χ0n) is 12.2. The van der Waals surface area contributed by atoms with Crippen LogP contribution >= 0.6 is 0 Å². The average molecular weight is 257 g/mol. The molecular weight excluding hydrogens is 232 g/mol. The second-order valence-corrected chi connectivity index (χ2v) is 5.08. The van der Waals surface area contributed by atoms with Crippen molar-refractivity contribution in [2.24, 2.45) is 0 Å². The SMILES string of the molecule is CCCCC[n+]1ccn(Cc2ccccc2)c1CC. The van der Waals surface area contributed by atoms with Crippen molar-refractivity contribution in [2.75, 3.05) is 0 Å². The molecule has 2 nitrogen and oxygen atoms in total. The van der Waals surface area contributed by atoms with E-state index in [2.05, 4.69) is 65.7 Å². The minimum absolute atomic E-state index is 0.977. The Morgan fingerprint density at radius 3 is 2.53 bits per heavy atom. The van der Waals surface area contributed by atoms with Gasteiger partial charge in [-0.3, -0.25) is 0 Å². The molecule has 1 aromatic carbocycles. The summed E-state index contributed by atoms with van der Waals surface area (Å²) in [4.78, 5) is 0. The molecule has 2 aromatic rings. The Morgan fingerprint density at radius 2 is 1.84 bits per heavy atom. The summed E-state index contributed by atoms with van der Waals surface area (Å²) in [6.07, 6.45) is 9.43. The first kappa shape index (κ1) is 13.9. The van der Waals surface area contributed by atoms with Gasteiger partial charge in [-0.05, 0) is 18.4 Å². The Hall–Kier alpha value is -1.57. The van der Waals surface area contributed by atoms with Crippen molar-refractivity contribution in [1.29, 1.82) is 0 Å². The highest BCUT2D eigenvalue weighted by molar-refractivity contribution is 5.15. The highest BCUT2D eigenvalue weighted by atomic mass is 15.1.